The maximum Gasteiger partial charge on any atom is 0.399 e. The fraction of sp³-hybridized carbons (Fsp3) is 0.310. The van der Waals surface area contributed by atoms with Crippen molar-refractivity contribution in [1.82, 2.24) is 4.98 Å². The second-order valence-corrected chi connectivity index (χ2v) is 8.34. The van der Waals surface area contributed by atoms with Crippen LogP contribution in [0.15, 0.2) is 60.9 Å². The second-order valence-electron chi connectivity index (χ2n) is 7.93. The van der Waals surface area contributed by atoms with Crippen LogP contribution in [0, 0.1) is 13.8 Å². The smallest absolute Gasteiger partial charge is 0.289 e. The first-order chi connectivity index (χ1) is 18.2. The molecule has 1 heterocycles. The normalized spacial score (nSPS) is 12.5. The summed E-state index contributed by atoms with van der Waals surface area (Å²) in [6.07, 6.45) is -2.11. The molecule has 1 aromatic heterocycles. The lowest BCUT2D eigenvalue weighted by atomic mass is 9.92. The minimum atomic E-state index is -4.90. The molecule has 2 aromatic carbocycles. The average molecular weight is 573 g/mol. The zero-order valence-electron chi connectivity index (χ0n) is 22.4. The molecule has 0 spiro atoms. The van der Waals surface area contributed by atoms with Gasteiger partial charge in [0.15, 0.2) is 5.78 Å². The molecule has 0 saturated carbocycles. The molecule has 0 bridgehead atoms. The van der Waals surface area contributed by atoms with Gasteiger partial charge < -0.3 is 0 Å². The van der Waals surface area contributed by atoms with E-state index in [1.54, 1.807) is 13.8 Å². The SMILES string of the molecule is CC.CC.Cc1cc(C(/C=C(\F)c2ccc(C(=O)c3cccnc3)c(C(N)(F)F)c2)C(F)(F)F)cc(Cl)c1C. The van der Waals surface area contributed by atoms with E-state index >= 15 is 4.39 Å². The lowest BCUT2D eigenvalue weighted by Gasteiger charge is -2.20. The van der Waals surface area contributed by atoms with Gasteiger partial charge in [-0.25, -0.2) is 4.39 Å². The molecule has 1 unspecified atom stereocenters. The number of aryl methyl sites for hydroxylation is 1. The molecule has 1 atom stereocenters. The number of halogens is 7. The number of hydrogen-bond donors (Lipinski definition) is 1. The number of benzene rings is 2. The number of allylic oxidation sites excluding steroid dienone is 1. The molecule has 0 aliphatic rings. The van der Waals surface area contributed by atoms with Crippen molar-refractivity contribution in [3.63, 3.8) is 0 Å². The van der Waals surface area contributed by atoms with Gasteiger partial charge in [-0.15, -0.1) is 0 Å². The molecule has 10 heteroatoms. The minimum Gasteiger partial charge on any atom is -0.289 e. The summed E-state index contributed by atoms with van der Waals surface area (Å²) in [5.74, 6) is -4.68. The van der Waals surface area contributed by atoms with E-state index < -0.39 is 46.4 Å². The standard InChI is InChI=1S/C25H19ClF6N2O.2C2H6/c1-13-8-17(10-21(26)14(13)2)19(24(28,29)30)11-22(27)15-5-6-18(20(9-15)25(31,32)33)23(35)16-4-3-7-34-12-16;2*1-2/h3-12,19H,33H2,1-2H3;2*1-2H3/b22-11-;;. The lowest BCUT2D eigenvalue weighted by Crippen LogP contribution is -2.28. The topological polar surface area (TPSA) is 56.0 Å². The van der Waals surface area contributed by atoms with Gasteiger partial charge in [0.2, 0.25) is 0 Å². The maximum absolute atomic E-state index is 15.1. The molecular weight excluding hydrogens is 542 g/mol. The largest absolute Gasteiger partial charge is 0.399 e. The third-order valence-corrected chi connectivity index (χ3v) is 5.87. The number of rotatable bonds is 6. The second kappa shape index (κ2) is 14.3. The number of hydrogen-bond acceptors (Lipinski definition) is 3. The lowest BCUT2D eigenvalue weighted by molar-refractivity contribution is -0.139. The van der Waals surface area contributed by atoms with Crippen LogP contribution in [-0.4, -0.2) is 16.9 Å². The average Bonchev–Trinajstić information content (AvgIpc) is 2.90. The summed E-state index contributed by atoms with van der Waals surface area (Å²) in [7, 11) is 0. The quantitative estimate of drug-likeness (QED) is 0.182. The van der Waals surface area contributed by atoms with Gasteiger partial charge in [0.1, 0.15) is 11.7 Å². The predicted molar refractivity (Wildman–Crippen MR) is 144 cm³/mol. The summed E-state index contributed by atoms with van der Waals surface area (Å²) in [4.78, 5) is 16.4. The molecular formula is C29H31ClF6N2O. The molecule has 0 aliphatic carbocycles. The van der Waals surface area contributed by atoms with E-state index in [0.717, 1.165) is 24.4 Å². The van der Waals surface area contributed by atoms with Crippen LogP contribution in [0.3, 0.4) is 0 Å². The number of aromatic nitrogens is 1. The summed E-state index contributed by atoms with van der Waals surface area (Å²) in [6.45, 7) is 11.2. The Morgan fingerprint density at radius 3 is 2.08 bits per heavy atom. The summed E-state index contributed by atoms with van der Waals surface area (Å²) in [5.41, 5.74) is 3.46. The molecule has 0 amide bonds. The maximum atomic E-state index is 15.1. The van der Waals surface area contributed by atoms with Crippen LogP contribution in [0.25, 0.3) is 5.83 Å². The Bertz CT molecular complexity index is 1260. The Balaban J connectivity index is 0.00000181. The predicted octanol–water partition coefficient (Wildman–Crippen LogP) is 9.30. The van der Waals surface area contributed by atoms with Gasteiger partial charge in [0.05, 0.1) is 0 Å². The number of pyridine rings is 1. The monoisotopic (exact) mass is 572 g/mol. The molecule has 3 rings (SSSR count). The van der Waals surface area contributed by atoms with Crippen LogP contribution in [-0.2, 0) is 6.05 Å². The molecule has 0 aliphatic heterocycles. The molecule has 0 radical (unpaired) electrons. The van der Waals surface area contributed by atoms with Crippen LogP contribution < -0.4 is 5.73 Å². The highest BCUT2D eigenvalue weighted by Crippen LogP contribution is 2.40. The highest BCUT2D eigenvalue weighted by molar-refractivity contribution is 6.31. The third kappa shape index (κ3) is 8.66. The molecule has 3 nitrogen and oxygen atoms in total. The molecule has 3 aromatic rings. The summed E-state index contributed by atoms with van der Waals surface area (Å²) in [6, 6.07) is 3.39. The first-order valence-electron chi connectivity index (χ1n) is 12.2. The first-order valence-corrected chi connectivity index (χ1v) is 12.5. The van der Waals surface area contributed by atoms with E-state index in [1.807, 2.05) is 27.7 Å². The Labute approximate surface area is 229 Å². The fourth-order valence-corrected chi connectivity index (χ4v) is 3.74. The van der Waals surface area contributed by atoms with Gasteiger partial charge in [-0.3, -0.25) is 15.5 Å². The van der Waals surface area contributed by atoms with Crippen molar-refractivity contribution < 1.29 is 31.1 Å². The molecule has 0 fully saturated rings. The Hall–Kier alpha value is -3.17. The molecule has 212 valence electrons. The molecule has 2 N–H and O–H groups in total. The number of alkyl halides is 5. The van der Waals surface area contributed by atoms with Crippen LogP contribution in [0.5, 0.6) is 0 Å². The number of nitrogens with two attached hydrogens (primary N) is 1. The van der Waals surface area contributed by atoms with Gasteiger partial charge in [-0.1, -0.05) is 51.4 Å². The number of ketones is 1. The van der Waals surface area contributed by atoms with Crippen molar-refractivity contribution in [2.24, 2.45) is 5.73 Å². The van der Waals surface area contributed by atoms with Gasteiger partial charge in [-0.05, 0) is 66.9 Å². The number of carbonyl (C=O) groups excluding carboxylic acids is 1. The van der Waals surface area contributed by atoms with Crippen LogP contribution in [0.4, 0.5) is 26.3 Å². The van der Waals surface area contributed by atoms with Crippen LogP contribution in [0.1, 0.15) is 77.4 Å². The van der Waals surface area contributed by atoms with E-state index in [-0.39, 0.29) is 22.2 Å². The van der Waals surface area contributed by atoms with E-state index in [0.29, 0.717) is 17.2 Å². The molecule has 0 saturated heterocycles. The minimum absolute atomic E-state index is 0.0227. The van der Waals surface area contributed by atoms with Crippen molar-refractivity contribution in [2.45, 2.75) is 59.7 Å². The van der Waals surface area contributed by atoms with Gasteiger partial charge >= 0.3 is 12.2 Å². The number of carbonyl (C=O) groups is 1. The van der Waals surface area contributed by atoms with Gasteiger partial charge in [0, 0.05) is 39.7 Å². The highest BCUT2D eigenvalue weighted by atomic mass is 35.5. The molecule has 39 heavy (non-hydrogen) atoms. The fourth-order valence-electron chi connectivity index (χ4n) is 3.46. The van der Waals surface area contributed by atoms with Crippen molar-refractivity contribution >= 4 is 23.2 Å². The van der Waals surface area contributed by atoms with E-state index in [2.05, 4.69) is 4.98 Å². The van der Waals surface area contributed by atoms with Gasteiger partial charge in [0.25, 0.3) is 0 Å². The summed E-state index contributed by atoms with van der Waals surface area (Å²) < 4.78 is 84.8. The number of nitrogens with zero attached hydrogens (tertiary/aromatic N) is 1. The van der Waals surface area contributed by atoms with Crippen molar-refractivity contribution in [1.29, 1.82) is 0 Å². The first kappa shape index (κ1) is 33.9. The Morgan fingerprint density at radius 2 is 1.59 bits per heavy atom. The van der Waals surface area contributed by atoms with E-state index in [4.69, 9.17) is 17.3 Å². The van der Waals surface area contributed by atoms with Crippen molar-refractivity contribution in [3.05, 3.63) is 105 Å². The van der Waals surface area contributed by atoms with Crippen molar-refractivity contribution in [3.8, 4) is 0 Å². The van der Waals surface area contributed by atoms with E-state index in [9.17, 15) is 26.7 Å². The Kier molecular flexibility index (Phi) is 12.4. The van der Waals surface area contributed by atoms with Crippen LogP contribution in [0.2, 0.25) is 5.02 Å². The zero-order chi connectivity index (χ0) is 30.1. The van der Waals surface area contributed by atoms with Crippen LogP contribution >= 0.6 is 11.6 Å². The summed E-state index contributed by atoms with van der Waals surface area (Å²) in [5, 5.41) is 0.0754. The Morgan fingerprint density at radius 1 is 0.974 bits per heavy atom. The van der Waals surface area contributed by atoms with Crippen molar-refractivity contribution in [2.75, 3.05) is 0 Å². The van der Waals surface area contributed by atoms with E-state index in [1.165, 1.54) is 24.4 Å². The van der Waals surface area contributed by atoms with Gasteiger partial charge in [-0.2, -0.15) is 22.0 Å². The zero-order valence-corrected chi connectivity index (χ0v) is 23.2. The summed E-state index contributed by atoms with van der Waals surface area (Å²) >= 11 is 6.02. The third-order valence-electron chi connectivity index (χ3n) is 5.47. The highest BCUT2D eigenvalue weighted by Gasteiger charge is 2.40.